The van der Waals surface area contributed by atoms with Crippen LogP contribution in [0.4, 0.5) is 11.4 Å². The molecule has 0 amide bonds. The fraction of sp³-hybridized carbons (Fsp3) is 0.600. The van der Waals surface area contributed by atoms with Gasteiger partial charge in [-0.15, -0.1) is 0 Å². The van der Waals surface area contributed by atoms with Crippen LogP contribution in [0.5, 0.6) is 5.75 Å². The Morgan fingerprint density at radius 2 is 2.05 bits per heavy atom. The molecule has 4 heteroatoms. The lowest BCUT2D eigenvalue weighted by Crippen LogP contribution is -2.23. The van der Waals surface area contributed by atoms with E-state index in [4.69, 9.17) is 10.5 Å². The van der Waals surface area contributed by atoms with Gasteiger partial charge in [0.15, 0.2) is 0 Å². The molecule has 1 aliphatic rings. The van der Waals surface area contributed by atoms with E-state index in [0.717, 1.165) is 43.7 Å². The molecule has 1 fully saturated rings. The van der Waals surface area contributed by atoms with Gasteiger partial charge < -0.3 is 20.9 Å². The van der Waals surface area contributed by atoms with Gasteiger partial charge in [-0.1, -0.05) is 6.07 Å². The molecule has 0 aromatic heterocycles. The van der Waals surface area contributed by atoms with E-state index in [1.807, 2.05) is 25.1 Å². The highest BCUT2D eigenvalue weighted by Gasteiger charge is 2.19. The van der Waals surface area contributed by atoms with E-state index in [1.165, 1.54) is 0 Å². The molecule has 0 aliphatic heterocycles. The van der Waals surface area contributed by atoms with E-state index in [2.05, 4.69) is 5.32 Å². The molecule has 19 heavy (non-hydrogen) atoms. The molecular weight excluding hydrogens is 240 g/mol. The number of anilines is 2. The third-order valence-electron chi connectivity index (χ3n) is 3.76. The average Bonchev–Trinajstić information content (AvgIpc) is 2.42. The Kier molecular flexibility index (Phi) is 4.91. The normalized spacial score (nSPS) is 23.1. The van der Waals surface area contributed by atoms with Crippen LogP contribution in [0.15, 0.2) is 18.2 Å². The average molecular weight is 264 g/mol. The molecule has 0 radical (unpaired) electrons. The van der Waals surface area contributed by atoms with Gasteiger partial charge in [0.05, 0.1) is 24.1 Å². The van der Waals surface area contributed by atoms with Crippen LogP contribution in [0.1, 0.15) is 32.6 Å². The monoisotopic (exact) mass is 264 g/mol. The van der Waals surface area contributed by atoms with E-state index >= 15 is 0 Å². The summed E-state index contributed by atoms with van der Waals surface area (Å²) in [5.41, 5.74) is 7.70. The molecule has 0 unspecified atom stereocenters. The predicted molar refractivity (Wildman–Crippen MR) is 78.5 cm³/mol. The lowest BCUT2D eigenvalue weighted by atomic mass is 9.87. The molecule has 4 nitrogen and oxygen atoms in total. The Labute approximate surface area is 115 Å². The molecule has 0 atom stereocenters. The van der Waals surface area contributed by atoms with Crippen molar-refractivity contribution in [1.29, 1.82) is 0 Å². The van der Waals surface area contributed by atoms with Crippen molar-refractivity contribution in [2.45, 2.75) is 38.7 Å². The minimum Gasteiger partial charge on any atom is -0.492 e. The minimum absolute atomic E-state index is 0.0948. The van der Waals surface area contributed by atoms with Crippen LogP contribution in [-0.4, -0.2) is 24.4 Å². The van der Waals surface area contributed by atoms with Gasteiger partial charge in [0.25, 0.3) is 0 Å². The number of rotatable bonds is 5. The summed E-state index contributed by atoms with van der Waals surface area (Å²) in [6, 6.07) is 5.82. The number of hydrogen-bond acceptors (Lipinski definition) is 4. The zero-order valence-corrected chi connectivity index (χ0v) is 11.6. The number of hydrogen-bond donors (Lipinski definition) is 3. The van der Waals surface area contributed by atoms with Crippen LogP contribution >= 0.6 is 0 Å². The summed E-state index contributed by atoms with van der Waals surface area (Å²) in [4.78, 5) is 0. The van der Waals surface area contributed by atoms with Gasteiger partial charge >= 0.3 is 0 Å². The van der Waals surface area contributed by atoms with Crippen molar-refractivity contribution in [2.24, 2.45) is 5.92 Å². The molecule has 1 saturated carbocycles. The standard InChI is InChI=1S/C15H24N2O2/c1-2-19-14-5-3-4-13(15(14)16)17-10-11-6-8-12(18)9-7-11/h3-5,11-12,17-18H,2,6-10,16H2,1H3. The maximum absolute atomic E-state index is 9.49. The Bertz CT molecular complexity index is 401. The molecular formula is C15H24N2O2. The number of nitrogens with two attached hydrogens (primary N) is 1. The summed E-state index contributed by atoms with van der Waals surface area (Å²) < 4.78 is 5.49. The van der Waals surface area contributed by atoms with E-state index in [-0.39, 0.29) is 6.10 Å². The van der Waals surface area contributed by atoms with Crippen molar-refractivity contribution >= 4 is 11.4 Å². The minimum atomic E-state index is -0.0948. The van der Waals surface area contributed by atoms with Crippen LogP contribution in [0, 0.1) is 5.92 Å². The van der Waals surface area contributed by atoms with E-state index in [0.29, 0.717) is 18.2 Å². The highest BCUT2D eigenvalue weighted by atomic mass is 16.5. The first-order valence-corrected chi connectivity index (χ1v) is 7.14. The van der Waals surface area contributed by atoms with Crippen LogP contribution in [0.2, 0.25) is 0 Å². The predicted octanol–water partition coefficient (Wildman–Crippen LogP) is 2.63. The third-order valence-corrected chi connectivity index (χ3v) is 3.76. The first kappa shape index (κ1) is 14.0. The second kappa shape index (κ2) is 6.66. The number of aliphatic hydroxyl groups excluding tert-OH is 1. The molecule has 0 spiro atoms. The largest absolute Gasteiger partial charge is 0.492 e. The summed E-state index contributed by atoms with van der Waals surface area (Å²) in [7, 11) is 0. The van der Waals surface area contributed by atoms with Crippen LogP contribution in [-0.2, 0) is 0 Å². The van der Waals surface area contributed by atoms with Crippen LogP contribution in [0.25, 0.3) is 0 Å². The van der Waals surface area contributed by atoms with Crippen molar-refractivity contribution in [3.8, 4) is 5.75 Å². The smallest absolute Gasteiger partial charge is 0.144 e. The number of aliphatic hydroxyl groups is 1. The fourth-order valence-corrected chi connectivity index (χ4v) is 2.58. The lowest BCUT2D eigenvalue weighted by molar-refractivity contribution is 0.111. The third kappa shape index (κ3) is 3.77. The maximum atomic E-state index is 9.49. The summed E-state index contributed by atoms with van der Waals surface area (Å²) in [5, 5.41) is 12.9. The number of nitrogens with one attached hydrogen (secondary N) is 1. The van der Waals surface area contributed by atoms with Crippen LogP contribution in [0.3, 0.4) is 0 Å². The second-order valence-electron chi connectivity index (χ2n) is 5.21. The molecule has 106 valence electrons. The highest BCUT2D eigenvalue weighted by molar-refractivity contribution is 5.72. The van der Waals surface area contributed by atoms with Gasteiger partial charge in [0.1, 0.15) is 5.75 Å². The Hall–Kier alpha value is -1.42. The van der Waals surface area contributed by atoms with Crippen molar-refractivity contribution in [2.75, 3.05) is 24.2 Å². The van der Waals surface area contributed by atoms with E-state index < -0.39 is 0 Å². The Balaban J connectivity index is 1.90. The molecule has 0 heterocycles. The zero-order valence-electron chi connectivity index (χ0n) is 11.6. The SMILES string of the molecule is CCOc1cccc(NCC2CCC(O)CC2)c1N. The topological polar surface area (TPSA) is 67.5 Å². The summed E-state index contributed by atoms with van der Waals surface area (Å²) in [6.07, 6.45) is 3.91. The van der Waals surface area contributed by atoms with Gasteiger partial charge in [0, 0.05) is 6.54 Å². The van der Waals surface area contributed by atoms with Gasteiger partial charge in [-0.3, -0.25) is 0 Å². The maximum Gasteiger partial charge on any atom is 0.144 e. The quantitative estimate of drug-likeness (QED) is 0.715. The number of benzene rings is 1. The zero-order chi connectivity index (χ0) is 13.7. The van der Waals surface area contributed by atoms with E-state index in [9.17, 15) is 5.11 Å². The first-order valence-electron chi connectivity index (χ1n) is 7.14. The van der Waals surface area contributed by atoms with Gasteiger partial charge in [-0.2, -0.15) is 0 Å². The van der Waals surface area contributed by atoms with E-state index in [1.54, 1.807) is 0 Å². The molecule has 0 saturated heterocycles. The Morgan fingerprint density at radius 3 is 2.74 bits per heavy atom. The molecule has 0 bridgehead atoms. The van der Waals surface area contributed by atoms with Gasteiger partial charge in [-0.05, 0) is 50.7 Å². The number of nitrogen functional groups attached to an aromatic ring is 1. The highest BCUT2D eigenvalue weighted by Crippen LogP contribution is 2.30. The molecule has 1 aromatic carbocycles. The van der Waals surface area contributed by atoms with Crippen molar-refractivity contribution in [3.63, 3.8) is 0 Å². The van der Waals surface area contributed by atoms with Gasteiger partial charge in [-0.25, -0.2) is 0 Å². The van der Waals surface area contributed by atoms with Gasteiger partial charge in [0.2, 0.25) is 0 Å². The summed E-state index contributed by atoms with van der Waals surface area (Å²) in [6.45, 7) is 3.48. The first-order chi connectivity index (χ1) is 9.20. The lowest BCUT2D eigenvalue weighted by Gasteiger charge is -2.26. The molecule has 1 aliphatic carbocycles. The molecule has 2 rings (SSSR count). The molecule has 1 aromatic rings. The van der Waals surface area contributed by atoms with Crippen molar-refractivity contribution < 1.29 is 9.84 Å². The summed E-state index contributed by atoms with van der Waals surface area (Å²) in [5.74, 6) is 1.37. The fourth-order valence-electron chi connectivity index (χ4n) is 2.58. The Morgan fingerprint density at radius 1 is 1.32 bits per heavy atom. The molecule has 4 N–H and O–H groups in total. The number of ether oxygens (including phenoxy) is 1. The van der Waals surface area contributed by atoms with Crippen molar-refractivity contribution in [3.05, 3.63) is 18.2 Å². The van der Waals surface area contributed by atoms with Crippen LogP contribution < -0.4 is 15.8 Å². The second-order valence-corrected chi connectivity index (χ2v) is 5.21. The summed E-state index contributed by atoms with van der Waals surface area (Å²) >= 11 is 0. The van der Waals surface area contributed by atoms with Crippen molar-refractivity contribution in [1.82, 2.24) is 0 Å². The number of para-hydroxylation sites is 1.